The first kappa shape index (κ1) is 37.5. The highest BCUT2D eigenvalue weighted by molar-refractivity contribution is 5.84. The number of para-hydroxylation sites is 1. The molecule has 0 amide bonds. The Hall–Kier alpha value is -5.94. The van der Waals surface area contributed by atoms with Gasteiger partial charge in [0.25, 0.3) is 0 Å². The highest BCUT2D eigenvalue weighted by Gasteiger charge is 2.21. The third kappa shape index (κ3) is 9.78. The second-order valence-electron chi connectivity index (χ2n) is 11.5. The lowest BCUT2D eigenvalue weighted by Gasteiger charge is -2.17. The molecular formula is C44H51N5. The van der Waals surface area contributed by atoms with Crippen molar-refractivity contribution in [1.29, 1.82) is 0 Å². The van der Waals surface area contributed by atoms with Crippen molar-refractivity contribution in [2.75, 3.05) is 0 Å². The average molecular weight is 650 g/mol. The summed E-state index contributed by atoms with van der Waals surface area (Å²) in [5.74, 6) is 0. The van der Waals surface area contributed by atoms with Crippen LogP contribution in [0.3, 0.4) is 0 Å². The average Bonchev–Trinajstić information content (AvgIpc) is 3.37. The molecule has 0 saturated carbocycles. The third-order valence-corrected chi connectivity index (χ3v) is 8.33. The minimum Gasteiger partial charge on any atom is -0.405 e. The minimum atomic E-state index is 0.655. The summed E-state index contributed by atoms with van der Waals surface area (Å²) in [4.78, 5) is 0. The Bertz CT molecular complexity index is 1900. The van der Waals surface area contributed by atoms with Crippen LogP contribution in [0.15, 0.2) is 163 Å². The van der Waals surface area contributed by atoms with E-state index in [9.17, 15) is 0 Å². The van der Waals surface area contributed by atoms with E-state index in [-0.39, 0.29) is 0 Å². The maximum atomic E-state index is 6.17. The molecule has 0 fully saturated rings. The molecule has 0 atom stereocenters. The van der Waals surface area contributed by atoms with Crippen molar-refractivity contribution in [1.82, 2.24) is 4.57 Å². The van der Waals surface area contributed by atoms with E-state index in [1.165, 1.54) is 17.3 Å². The predicted octanol–water partition coefficient (Wildman–Crippen LogP) is 9.85. The molecule has 2 aromatic carbocycles. The summed E-state index contributed by atoms with van der Waals surface area (Å²) in [7, 11) is 0. The zero-order valence-corrected chi connectivity index (χ0v) is 29.4. The lowest BCUT2D eigenvalue weighted by atomic mass is 9.94. The summed E-state index contributed by atoms with van der Waals surface area (Å²) in [6.45, 7) is 16.7. The number of hydrogen-bond acceptors (Lipinski definition) is 4. The predicted molar refractivity (Wildman–Crippen MR) is 215 cm³/mol. The maximum absolute atomic E-state index is 6.17. The SMILES string of the molecule is C=C/C(=C\c1c(C)c(C)c(-c2ccc(C(/C=C(C)/C(/C=C\N)=C/C)=C/N)cc2C=C)n1-c1ccccc1)C/C=C\C=C(/N)C/C=C\C=C/N. The molecule has 0 radical (unpaired) electrons. The molecule has 0 aliphatic heterocycles. The van der Waals surface area contributed by atoms with E-state index >= 15 is 0 Å². The van der Waals surface area contributed by atoms with Crippen molar-refractivity contribution in [3.05, 3.63) is 191 Å². The largest absolute Gasteiger partial charge is 0.405 e. The second-order valence-corrected chi connectivity index (χ2v) is 11.5. The van der Waals surface area contributed by atoms with Gasteiger partial charge < -0.3 is 27.5 Å². The van der Waals surface area contributed by atoms with Gasteiger partial charge in [-0.15, -0.1) is 0 Å². The first-order chi connectivity index (χ1) is 23.7. The lowest BCUT2D eigenvalue weighted by Crippen LogP contribution is -2.02. The van der Waals surface area contributed by atoms with E-state index in [2.05, 4.69) is 99.2 Å². The van der Waals surface area contributed by atoms with E-state index < -0.39 is 0 Å². The number of nitrogens with zero attached hydrogens (tertiary/aromatic N) is 1. The fourth-order valence-corrected chi connectivity index (χ4v) is 5.58. The van der Waals surface area contributed by atoms with Crippen molar-refractivity contribution in [2.45, 2.75) is 40.5 Å². The van der Waals surface area contributed by atoms with Crippen molar-refractivity contribution < 1.29 is 0 Å². The lowest BCUT2D eigenvalue weighted by molar-refractivity contribution is 1.06. The van der Waals surface area contributed by atoms with Crippen LogP contribution in [-0.4, -0.2) is 4.57 Å². The highest BCUT2D eigenvalue weighted by atomic mass is 15.0. The van der Waals surface area contributed by atoms with Crippen LogP contribution in [-0.2, 0) is 0 Å². The van der Waals surface area contributed by atoms with Crippen LogP contribution < -0.4 is 22.9 Å². The summed E-state index contributed by atoms with van der Waals surface area (Å²) in [5.41, 5.74) is 37.0. The van der Waals surface area contributed by atoms with Crippen LogP contribution >= 0.6 is 0 Å². The van der Waals surface area contributed by atoms with E-state index in [0.29, 0.717) is 12.8 Å². The smallest absolute Gasteiger partial charge is 0.0572 e. The number of benzene rings is 2. The summed E-state index contributed by atoms with van der Waals surface area (Å²) >= 11 is 0. The summed E-state index contributed by atoms with van der Waals surface area (Å²) in [6, 6.07) is 16.9. The zero-order valence-electron chi connectivity index (χ0n) is 29.4. The minimum absolute atomic E-state index is 0.655. The fourth-order valence-electron chi connectivity index (χ4n) is 5.58. The zero-order chi connectivity index (χ0) is 35.8. The van der Waals surface area contributed by atoms with Gasteiger partial charge in [0.2, 0.25) is 0 Å². The standard InChI is InChI=1S/C44H51N5/c1-7-35(18-15-16-20-40(48)19-12-11-17-26-45)29-43-33(5)34(6)44(49(43)41-21-13-10-14-22-41)42-24-23-38(30-37(42)9-3)39(31-47)28-32(4)36(8-2)25-27-46/h7-17,20-31H,1,3,18-19,45-48H2,2,4-6H3/b12-11-,16-15-,26-17-,27-25-,32-28+,35-29+,36-8+,39-31+,40-20-. The third-order valence-electron chi connectivity index (χ3n) is 8.33. The van der Waals surface area contributed by atoms with Crippen LogP contribution in [0.4, 0.5) is 0 Å². The van der Waals surface area contributed by atoms with Crippen LogP contribution in [0.1, 0.15) is 54.6 Å². The van der Waals surface area contributed by atoms with Gasteiger partial charge in [-0.3, -0.25) is 0 Å². The monoisotopic (exact) mass is 649 g/mol. The van der Waals surface area contributed by atoms with E-state index in [1.54, 1.807) is 18.5 Å². The summed E-state index contributed by atoms with van der Waals surface area (Å²) in [5, 5.41) is 0. The Kier molecular flexibility index (Phi) is 14.6. The number of rotatable bonds is 15. The van der Waals surface area contributed by atoms with Crippen LogP contribution in [0.25, 0.3) is 34.7 Å². The molecule has 0 bridgehead atoms. The first-order valence-electron chi connectivity index (χ1n) is 16.4. The van der Waals surface area contributed by atoms with Gasteiger partial charge in [-0.05, 0) is 140 Å². The summed E-state index contributed by atoms with van der Waals surface area (Å²) in [6.07, 6.45) is 29.7. The molecule has 3 rings (SSSR count). The van der Waals surface area contributed by atoms with E-state index in [4.69, 9.17) is 22.9 Å². The molecule has 1 aromatic heterocycles. The molecule has 0 unspecified atom stereocenters. The van der Waals surface area contributed by atoms with Gasteiger partial charge >= 0.3 is 0 Å². The molecular weight excluding hydrogens is 599 g/mol. The number of allylic oxidation sites excluding steroid dienone is 14. The molecule has 252 valence electrons. The number of nitrogens with two attached hydrogens (primary N) is 4. The van der Waals surface area contributed by atoms with Crippen LogP contribution in [0.2, 0.25) is 0 Å². The van der Waals surface area contributed by atoms with Crippen molar-refractivity contribution >= 4 is 17.7 Å². The normalized spacial score (nSPS) is 13.8. The molecule has 8 N–H and O–H groups in total. The molecule has 0 spiro atoms. The van der Waals surface area contributed by atoms with Gasteiger partial charge in [0, 0.05) is 35.3 Å². The highest BCUT2D eigenvalue weighted by Crippen LogP contribution is 2.38. The molecule has 0 saturated heterocycles. The fraction of sp³-hybridized carbons (Fsp3) is 0.136. The Morgan fingerprint density at radius 2 is 1.61 bits per heavy atom. The number of aromatic nitrogens is 1. The molecule has 0 aliphatic carbocycles. The van der Waals surface area contributed by atoms with Gasteiger partial charge in [0.1, 0.15) is 0 Å². The molecule has 1 heterocycles. The Balaban J connectivity index is 2.13. The van der Waals surface area contributed by atoms with Crippen molar-refractivity contribution in [3.63, 3.8) is 0 Å². The molecule has 0 aliphatic rings. The first-order valence-corrected chi connectivity index (χ1v) is 16.4. The van der Waals surface area contributed by atoms with Gasteiger partial charge in [-0.2, -0.15) is 0 Å². The molecule has 5 nitrogen and oxygen atoms in total. The topological polar surface area (TPSA) is 109 Å². The van der Waals surface area contributed by atoms with Gasteiger partial charge in [0.15, 0.2) is 0 Å². The number of hydrogen-bond donors (Lipinski definition) is 4. The Morgan fingerprint density at radius 3 is 2.24 bits per heavy atom. The quantitative estimate of drug-likeness (QED) is 0.123. The van der Waals surface area contributed by atoms with E-state index in [1.807, 2.05) is 61.6 Å². The van der Waals surface area contributed by atoms with Crippen LogP contribution in [0.5, 0.6) is 0 Å². The Morgan fingerprint density at radius 1 is 0.878 bits per heavy atom. The van der Waals surface area contributed by atoms with Gasteiger partial charge in [-0.25, -0.2) is 0 Å². The maximum Gasteiger partial charge on any atom is 0.0572 e. The van der Waals surface area contributed by atoms with E-state index in [0.717, 1.165) is 61.8 Å². The second kappa shape index (κ2) is 19.0. The molecule has 5 heteroatoms. The van der Waals surface area contributed by atoms with Crippen molar-refractivity contribution in [3.8, 4) is 16.9 Å². The van der Waals surface area contributed by atoms with Crippen molar-refractivity contribution in [2.24, 2.45) is 22.9 Å². The molecule has 3 aromatic rings. The van der Waals surface area contributed by atoms with Gasteiger partial charge in [0.05, 0.1) is 5.69 Å². The molecule has 49 heavy (non-hydrogen) atoms. The van der Waals surface area contributed by atoms with Gasteiger partial charge in [-0.1, -0.05) is 86.0 Å². The van der Waals surface area contributed by atoms with Crippen LogP contribution in [0, 0.1) is 13.8 Å². The summed E-state index contributed by atoms with van der Waals surface area (Å²) < 4.78 is 2.33. The Labute approximate surface area is 293 Å².